The highest BCUT2D eigenvalue weighted by Gasteiger charge is 2.29. The first-order valence-corrected chi connectivity index (χ1v) is 31.8. The van der Waals surface area contributed by atoms with Crippen LogP contribution >= 0.6 is 0 Å². The molecule has 6 aromatic heterocycles. The van der Waals surface area contributed by atoms with Crippen molar-refractivity contribution < 1.29 is 4.39 Å². The van der Waals surface area contributed by atoms with Gasteiger partial charge in [-0.25, -0.2) is 9.37 Å². The second kappa shape index (κ2) is 25.3. The van der Waals surface area contributed by atoms with E-state index in [4.69, 9.17) is 15.5 Å². The zero-order valence-electron chi connectivity index (χ0n) is 53.1. The molecule has 0 aliphatic carbocycles. The smallest absolute Gasteiger partial charge is 0.203 e. The van der Waals surface area contributed by atoms with Crippen LogP contribution in [0.2, 0.25) is 0 Å². The monoisotopic (exact) mass is 1230 g/mol. The maximum absolute atomic E-state index is 13.3. The zero-order valence-corrected chi connectivity index (χ0v) is 53.1. The zero-order chi connectivity index (χ0) is 63.9. The highest BCUT2D eigenvalue weighted by Crippen LogP contribution is 2.40. The molecule has 0 spiro atoms. The van der Waals surface area contributed by atoms with Crippen LogP contribution in [-0.2, 0) is 19.6 Å². The van der Waals surface area contributed by atoms with Gasteiger partial charge in [0.1, 0.15) is 12.1 Å². The number of nitrogens with zero attached hydrogens (tertiary/aromatic N) is 17. The number of imidazole rings is 1. The van der Waals surface area contributed by atoms with Crippen molar-refractivity contribution in [2.45, 2.75) is 72.1 Å². The number of rotatable bonds is 12. The summed E-state index contributed by atoms with van der Waals surface area (Å²) >= 11 is 0. The SMILES string of the molecule is CCCCNc1ccc2c(c1)Cn1cc(-c3ccc(F)cc3)cc1-c1nnnn1-2.CCCN(C)c1ccc2c(c1)Cn1cc(-c3ccc(C#N)cc3)cc1-c1nncn1-2.Cc1cnc2n1-c1ccc(N3CC[C@H](N(C)C)C3)cc1Cn1cc(-c3ccc(C#N)cc3)cc1-2. The van der Waals surface area contributed by atoms with E-state index >= 15 is 0 Å². The summed E-state index contributed by atoms with van der Waals surface area (Å²) in [5.74, 6) is 2.26. The van der Waals surface area contributed by atoms with Crippen LogP contribution in [0.15, 0.2) is 177 Å². The lowest BCUT2D eigenvalue weighted by atomic mass is 10.1. The molecule has 1 saturated heterocycles. The van der Waals surface area contributed by atoms with Gasteiger partial charge in [-0.3, -0.25) is 9.13 Å². The first kappa shape index (κ1) is 59.5. The molecule has 12 aromatic rings. The number of tetrazole rings is 1. The Morgan fingerprint density at radius 1 is 0.613 bits per heavy atom. The summed E-state index contributed by atoms with van der Waals surface area (Å²) in [6.45, 7) is 12.9. The van der Waals surface area contributed by atoms with Crippen molar-refractivity contribution in [2.75, 3.05) is 62.4 Å². The van der Waals surface area contributed by atoms with Crippen molar-refractivity contribution in [2.24, 2.45) is 0 Å². The lowest BCUT2D eigenvalue weighted by Gasteiger charge is -2.23. The number of nitriles is 2. The first-order chi connectivity index (χ1) is 45.4. The molecule has 0 unspecified atom stereocenters. The molecule has 0 radical (unpaired) electrons. The minimum atomic E-state index is -0.240. The summed E-state index contributed by atoms with van der Waals surface area (Å²) in [5.41, 5.74) is 22.5. The third-order valence-electron chi connectivity index (χ3n) is 18.3. The molecule has 16 rings (SSSR count). The molecule has 93 heavy (non-hydrogen) atoms. The maximum atomic E-state index is 13.3. The van der Waals surface area contributed by atoms with E-state index in [1.165, 1.54) is 46.7 Å². The lowest BCUT2D eigenvalue weighted by molar-refractivity contribution is 0.315. The van der Waals surface area contributed by atoms with Crippen LogP contribution < -0.4 is 15.1 Å². The summed E-state index contributed by atoms with van der Waals surface area (Å²) in [7, 11) is 6.48. The fourth-order valence-electron chi connectivity index (χ4n) is 13.2. The van der Waals surface area contributed by atoms with Crippen molar-refractivity contribution in [1.82, 2.24) is 63.1 Å². The van der Waals surface area contributed by atoms with Crippen LogP contribution in [0.1, 0.15) is 73.0 Å². The predicted octanol–water partition coefficient (Wildman–Crippen LogP) is 13.7. The van der Waals surface area contributed by atoms with Crippen LogP contribution in [-0.4, -0.2) is 116 Å². The Kier molecular flexibility index (Phi) is 16.2. The highest BCUT2D eigenvalue weighted by molar-refractivity contribution is 5.76. The quantitative estimate of drug-likeness (QED) is 0.115. The average Bonchev–Trinajstić information content (AvgIpc) is 1.64. The molecule has 1 atom stereocenters. The van der Waals surface area contributed by atoms with Gasteiger partial charge >= 0.3 is 0 Å². The van der Waals surface area contributed by atoms with Crippen LogP contribution in [0, 0.1) is 35.4 Å². The van der Waals surface area contributed by atoms with Gasteiger partial charge in [0.05, 0.1) is 57.4 Å². The topological polar surface area (TPSA) is 176 Å². The highest BCUT2D eigenvalue weighted by atomic mass is 19.1. The van der Waals surface area contributed by atoms with E-state index < -0.39 is 0 Å². The molecule has 10 heterocycles. The Labute approximate surface area is 540 Å². The van der Waals surface area contributed by atoms with E-state index in [9.17, 15) is 4.39 Å². The summed E-state index contributed by atoms with van der Waals surface area (Å²) in [6.07, 6.45) is 14.8. The van der Waals surface area contributed by atoms with Gasteiger partial charge in [0, 0.05) is 123 Å². The standard InChI is InChI=1S/C28H28N6.C24H22N6.C22H21FN6/c1-19-15-30-28-27-13-22(21-6-4-20(14-29)5-7-21)16-33(27)17-23-12-24(8-9-26(23)34(19)28)32-11-10-25(18-32)31(2)3;1-3-10-28(2)21-8-9-22-20(11-21)15-29-14-19(18-6-4-17(13-25)5-7-18)12-23(29)24-27-26-16-30(22)24;1-2-3-10-24-19-8-9-20-17(11-19)14-28-13-16(15-4-6-18(23)7-5-15)12-21(28)22-25-26-27-29(20)22/h4-9,12-13,15-16,25H,10-11,17-18H2,1-3H3;4-9,11-12,14,16H,3,10,15H2,1-2H3;4-9,11-13,24H,2-3,10,14H2,1H3/t25-;;/m0../s1. The Hall–Kier alpha value is -11.2. The van der Waals surface area contributed by atoms with Crippen LogP contribution in [0.4, 0.5) is 21.5 Å². The van der Waals surface area contributed by atoms with Crippen LogP contribution in [0.5, 0.6) is 0 Å². The molecule has 1 fully saturated rings. The molecule has 19 heteroatoms. The Morgan fingerprint density at radius 3 is 1.82 bits per heavy atom. The van der Waals surface area contributed by atoms with Crippen LogP contribution in [0.25, 0.3) is 85.0 Å². The number of aromatic nitrogens is 12. The molecular weight excluding hydrogens is 1160 g/mol. The Balaban J connectivity index is 0.000000121. The summed E-state index contributed by atoms with van der Waals surface area (Å²) in [6, 6.07) is 53.2. The van der Waals surface area contributed by atoms with Gasteiger partial charge in [0.25, 0.3) is 0 Å². The number of hydrogen-bond donors (Lipinski definition) is 1. The Morgan fingerprint density at radius 2 is 1.20 bits per heavy atom. The fourth-order valence-corrected chi connectivity index (χ4v) is 13.2. The second-order valence-corrected chi connectivity index (χ2v) is 24.6. The van der Waals surface area contributed by atoms with Crippen LogP contribution in [0.3, 0.4) is 0 Å². The number of unbranched alkanes of at least 4 members (excludes halogenated alkanes) is 1. The van der Waals surface area contributed by atoms with Gasteiger partial charge < -0.3 is 33.7 Å². The molecule has 0 amide bonds. The molecule has 18 nitrogen and oxygen atoms in total. The van der Waals surface area contributed by atoms with Gasteiger partial charge in [-0.1, -0.05) is 56.7 Å². The average molecular weight is 1230 g/mol. The lowest BCUT2D eigenvalue weighted by Crippen LogP contribution is -2.31. The van der Waals surface area contributed by atoms with Gasteiger partial charge in [-0.05, 0) is 193 Å². The summed E-state index contributed by atoms with van der Waals surface area (Å²) in [5, 5.41) is 42.7. The predicted molar refractivity (Wildman–Crippen MR) is 363 cm³/mol. The maximum Gasteiger partial charge on any atom is 0.203 e. The number of fused-ring (bicyclic) bond motifs is 15. The number of aryl methyl sites for hydroxylation is 1. The van der Waals surface area contributed by atoms with Crippen molar-refractivity contribution in [3.05, 3.63) is 216 Å². The van der Waals surface area contributed by atoms with Crippen molar-refractivity contribution in [3.8, 4) is 97.1 Å². The number of nitrogens with one attached hydrogen (secondary N) is 1. The largest absolute Gasteiger partial charge is 0.385 e. The van der Waals surface area contributed by atoms with E-state index in [1.807, 2.05) is 54.7 Å². The molecule has 1 N–H and O–H groups in total. The number of anilines is 3. The third kappa shape index (κ3) is 11.6. The van der Waals surface area contributed by atoms with Crippen molar-refractivity contribution >= 4 is 17.1 Å². The molecule has 4 aliphatic heterocycles. The number of likely N-dealkylation sites (N-methyl/N-ethyl adjacent to an activating group) is 1. The van der Waals surface area contributed by atoms with Gasteiger partial charge in [0.15, 0.2) is 11.6 Å². The number of halogens is 1. The van der Waals surface area contributed by atoms with Gasteiger partial charge in [-0.2, -0.15) is 15.2 Å². The van der Waals surface area contributed by atoms with E-state index in [1.54, 1.807) is 23.1 Å². The normalized spacial score (nSPS) is 13.7. The molecular formula is C74H71FN18. The van der Waals surface area contributed by atoms with E-state index in [2.05, 4.69) is 214 Å². The molecule has 0 saturated carbocycles. The molecule has 464 valence electrons. The minimum absolute atomic E-state index is 0.240. The van der Waals surface area contributed by atoms with Crippen molar-refractivity contribution in [3.63, 3.8) is 0 Å². The summed E-state index contributed by atoms with van der Waals surface area (Å²) in [4.78, 5) is 11.9. The number of hydrogen-bond acceptors (Lipinski definition) is 12. The minimum Gasteiger partial charge on any atom is -0.385 e. The summed E-state index contributed by atoms with van der Waals surface area (Å²) < 4.78 is 26.2. The van der Waals surface area contributed by atoms with E-state index in [-0.39, 0.29) is 5.82 Å². The van der Waals surface area contributed by atoms with Gasteiger partial charge in [0.2, 0.25) is 5.82 Å². The molecule has 4 aliphatic rings. The first-order valence-electron chi connectivity index (χ1n) is 31.8. The second-order valence-electron chi connectivity index (χ2n) is 24.6. The van der Waals surface area contributed by atoms with Gasteiger partial charge in [-0.15, -0.1) is 15.3 Å². The Bertz CT molecular complexity index is 4790. The van der Waals surface area contributed by atoms with Crippen molar-refractivity contribution in [1.29, 1.82) is 10.5 Å². The fraction of sp³-hybridized carbons (Fsp3) is 0.243. The third-order valence-corrected chi connectivity index (χ3v) is 18.3. The molecule has 0 bridgehead atoms. The molecule has 6 aromatic carbocycles. The number of benzene rings is 6. The van der Waals surface area contributed by atoms with E-state index in [0.29, 0.717) is 29.5 Å². The van der Waals surface area contributed by atoms with E-state index in [0.717, 1.165) is 149 Å².